The van der Waals surface area contributed by atoms with E-state index in [-0.39, 0.29) is 0 Å². The molecule has 3 aromatic rings. The third kappa shape index (κ3) is 2.65. The van der Waals surface area contributed by atoms with Crippen molar-refractivity contribution < 1.29 is 4.52 Å². The number of aryl methyl sites for hydroxylation is 1. The predicted molar refractivity (Wildman–Crippen MR) is 77.0 cm³/mol. The minimum atomic E-state index is 0.302. The number of benzene rings is 1. The van der Waals surface area contributed by atoms with Crippen LogP contribution in [-0.4, -0.2) is 15.1 Å². The monoisotopic (exact) mass is 276 g/mol. The maximum atomic E-state index is 8.88. The summed E-state index contributed by atoms with van der Waals surface area (Å²) in [5.74, 6) is 0.847. The van der Waals surface area contributed by atoms with E-state index >= 15 is 0 Å². The second-order valence-electron chi connectivity index (χ2n) is 4.58. The average Bonchev–Trinajstić information content (AvgIpc) is 2.98. The molecular formula is C16H12N4O. The van der Waals surface area contributed by atoms with Crippen LogP contribution >= 0.6 is 0 Å². The summed E-state index contributed by atoms with van der Waals surface area (Å²) in [7, 11) is 0. The predicted octanol–water partition coefficient (Wildman–Crippen LogP) is 3.17. The minimum Gasteiger partial charge on any atom is -0.334 e. The maximum absolute atomic E-state index is 8.88. The summed E-state index contributed by atoms with van der Waals surface area (Å²) in [6.45, 7) is 1.91. The largest absolute Gasteiger partial charge is 0.334 e. The Hall–Kier alpha value is -3.00. The summed E-state index contributed by atoms with van der Waals surface area (Å²) in [5.41, 5.74) is 3.21. The third-order valence-electron chi connectivity index (χ3n) is 3.06. The number of pyridine rings is 1. The molecule has 0 aliphatic heterocycles. The van der Waals surface area contributed by atoms with Crippen molar-refractivity contribution in [1.82, 2.24) is 15.1 Å². The Balaban J connectivity index is 2.01. The highest BCUT2D eigenvalue weighted by Crippen LogP contribution is 2.24. The number of aromatic nitrogens is 3. The molecule has 0 radical (unpaired) electrons. The molecule has 102 valence electrons. The van der Waals surface area contributed by atoms with E-state index in [1.54, 1.807) is 0 Å². The molecule has 5 heteroatoms. The van der Waals surface area contributed by atoms with Gasteiger partial charge in [-0.05, 0) is 30.7 Å². The van der Waals surface area contributed by atoms with E-state index in [0.29, 0.717) is 23.8 Å². The molecule has 1 aromatic carbocycles. The molecule has 3 rings (SSSR count). The molecule has 0 aliphatic rings. The van der Waals surface area contributed by atoms with Gasteiger partial charge in [0, 0.05) is 11.3 Å². The third-order valence-corrected chi connectivity index (χ3v) is 3.06. The molecule has 0 N–H and O–H groups in total. The fourth-order valence-corrected chi connectivity index (χ4v) is 2.07. The van der Waals surface area contributed by atoms with Crippen molar-refractivity contribution in [3.05, 3.63) is 53.7 Å². The molecule has 2 aromatic heterocycles. The van der Waals surface area contributed by atoms with Crippen LogP contribution in [0.4, 0.5) is 0 Å². The zero-order valence-corrected chi connectivity index (χ0v) is 11.4. The number of hydrogen-bond acceptors (Lipinski definition) is 5. The Morgan fingerprint density at radius 3 is 2.76 bits per heavy atom. The van der Waals surface area contributed by atoms with Crippen molar-refractivity contribution >= 4 is 0 Å². The summed E-state index contributed by atoms with van der Waals surface area (Å²) < 4.78 is 5.32. The van der Waals surface area contributed by atoms with E-state index in [2.05, 4.69) is 21.2 Å². The maximum Gasteiger partial charge on any atom is 0.258 e. The quantitative estimate of drug-likeness (QED) is 0.734. The molecule has 0 amide bonds. The van der Waals surface area contributed by atoms with Gasteiger partial charge in [-0.2, -0.15) is 10.2 Å². The van der Waals surface area contributed by atoms with Gasteiger partial charge >= 0.3 is 0 Å². The lowest BCUT2D eigenvalue weighted by Gasteiger charge is -2.00. The summed E-state index contributed by atoms with van der Waals surface area (Å²) >= 11 is 0. The number of hydrogen-bond donors (Lipinski definition) is 0. The molecule has 0 spiro atoms. The number of nitrogens with zero attached hydrogens (tertiary/aromatic N) is 4. The topological polar surface area (TPSA) is 75.6 Å². The molecule has 0 saturated carbocycles. The highest BCUT2D eigenvalue weighted by molar-refractivity contribution is 5.61. The highest BCUT2D eigenvalue weighted by Gasteiger charge is 2.14. The van der Waals surface area contributed by atoms with Gasteiger partial charge in [-0.15, -0.1) is 0 Å². The second-order valence-corrected chi connectivity index (χ2v) is 4.58. The zero-order valence-electron chi connectivity index (χ0n) is 11.4. The fraction of sp³-hybridized carbons (Fsp3) is 0.125. The summed E-state index contributed by atoms with van der Waals surface area (Å²) in [6, 6.07) is 15.3. The Labute approximate surface area is 121 Å². The van der Waals surface area contributed by atoms with Crippen molar-refractivity contribution in [2.24, 2.45) is 0 Å². The highest BCUT2D eigenvalue weighted by atomic mass is 16.5. The lowest BCUT2D eigenvalue weighted by Crippen LogP contribution is -1.90. The van der Waals surface area contributed by atoms with Crippen molar-refractivity contribution in [1.29, 1.82) is 5.26 Å². The second kappa shape index (κ2) is 5.55. The lowest BCUT2D eigenvalue weighted by atomic mass is 10.1. The Morgan fingerprint density at radius 1 is 1.10 bits per heavy atom. The van der Waals surface area contributed by atoms with Crippen LogP contribution in [0.25, 0.3) is 23.0 Å². The van der Waals surface area contributed by atoms with Gasteiger partial charge in [0.1, 0.15) is 5.69 Å². The van der Waals surface area contributed by atoms with Crippen molar-refractivity contribution in [2.45, 2.75) is 13.3 Å². The van der Waals surface area contributed by atoms with E-state index in [9.17, 15) is 0 Å². The van der Waals surface area contributed by atoms with Gasteiger partial charge in [-0.3, -0.25) is 0 Å². The van der Waals surface area contributed by atoms with Crippen LogP contribution in [-0.2, 0) is 6.42 Å². The van der Waals surface area contributed by atoms with Gasteiger partial charge in [0.15, 0.2) is 0 Å². The molecule has 0 atom stereocenters. The normalized spacial score (nSPS) is 10.3. The van der Waals surface area contributed by atoms with Crippen molar-refractivity contribution in [3.63, 3.8) is 0 Å². The van der Waals surface area contributed by atoms with Gasteiger partial charge < -0.3 is 4.52 Å². The zero-order chi connectivity index (χ0) is 14.7. The van der Waals surface area contributed by atoms with Crippen LogP contribution < -0.4 is 0 Å². The van der Waals surface area contributed by atoms with Crippen molar-refractivity contribution in [3.8, 4) is 29.0 Å². The molecule has 0 unspecified atom stereocenters. The Morgan fingerprint density at radius 2 is 1.95 bits per heavy atom. The summed E-state index contributed by atoms with van der Waals surface area (Å²) in [6.07, 6.45) is 0.302. The number of rotatable bonds is 3. The Bertz CT molecular complexity index is 817. The molecule has 5 nitrogen and oxygen atoms in total. The molecule has 0 bridgehead atoms. The first kappa shape index (κ1) is 13.0. The SMILES string of the molecule is Cc1cccc(-c2noc(-c3ccccc3CC#N)n2)n1. The fourth-order valence-electron chi connectivity index (χ4n) is 2.07. The molecular weight excluding hydrogens is 264 g/mol. The number of nitriles is 1. The first-order valence-electron chi connectivity index (χ1n) is 6.51. The van der Waals surface area contributed by atoms with E-state index in [0.717, 1.165) is 16.8 Å². The van der Waals surface area contributed by atoms with Gasteiger partial charge in [0.2, 0.25) is 5.82 Å². The van der Waals surface area contributed by atoms with E-state index in [1.165, 1.54) is 0 Å². The molecule has 0 fully saturated rings. The summed E-state index contributed by atoms with van der Waals surface area (Å²) in [4.78, 5) is 8.76. The standard InChI is InChI=1S/C16H12N4O/c1-11-5-4-8-14(18-11)15-19-16(21-20-15)13-7-3-2-6-12(13)9-10-17/h2-8H,9H2,1H3. The smallest absolute Gasteiger partial charge is 0.258 e. The molecule has 0 saturated heterocycles. The molecule has 2 heterocycles. The van der Waals surface area contributed by atoms with E-state index in [1.807, 2.05) is 49.4 Å². The van der Waals surface area contributed by atoms with Gasteiger partial charge in [0.25, 0.3) is 5.89 Å². The van der Waals surface area contributed by atoms with Gasteiger partial charge in [-0.25, -0.2) is 4.98 Å². The first-order chi connectivity index (χ1) is 10.3. The minimum absolute atomic E-state index is 0.302. The summed E-state index contributed by atoms with van der Waals surface area (Å²) in [5, 5.41) is 12.9. The molecule has 0 aliphatic carbocycles. The van der Waals surface area contributed by atoms with Crippen LogP contribution in [0.15, 0.2) is 47.0 Å². The van der Waals surface area contributed by atoms with Crippen LogP contribution in [0, 0.1) is 18.3 Å². The van der Waals surface area contributed by atoms with Crippen LogP contribution in [0.5, 0.6) is 0 Å². The van der Waals surface area contributed by atoms with Crippen LogP contribution in [0.2, 0.25) is 0 Å². The molecule has 21 heavy (non-hydrogen) atoms. The van der Waals surface area contributed by atoms with Crippen LogP contribution in [0.3, 0.4) is 0 Å². The van der Waals surface area contributed by atoms with Crippen LogP contribution in [0.1, 0.15) is 11.3 Å². The lowest BCUT2D eigenvalue weighted by molar-refractivity contribution is 0.432. The van der Waals surface area contributed by atoms with Crippen molar-refractivity contribution in [2.75, 3.05) is 0 Å². The Kier molecular flexibility index (Phi) is 3.44. The van der Waals surface area contributed by atoms with E-state index in [4.69, 9.17) is 9.78 Å². The first-order valence-corrected chi connectivity index (χ1v) is 6.51. The average molecular weight is 276 g/mol. The van der Waals surface area contributed by atoms with Gasteiger partial charge in [-0.1, -0.05) is 29.4 Å². The van der Waals surface area contributed by atoms with Gasteiger partial charge in [0.05, 0.1) is 12.5 Å². The van der Waals surface area contributed by atoms with E-state index < -0.39 is 0 Å².